The normalized spacial score (nSPS) is 11.6. The topological polar surface area (TPSA) is 65.0 Å². The van der Waals surface area contributed by atoms with Gasteiger partial charge in [-0.25, -0.2) is 9.97 Å². The fourth-order valence-electron chi connectivity index (χ4n) is 7.93. The number of benzene rings is 7. The summed E-state index contributed by atoms with van der Waals surface area (Å²) in [5, 5.41) is 4.37. The van der Waals surface area contributed by atoms with E-state index in [4.69, 9.17) is 18.8 Å². The van der Waals surface area contributed by atoms with Gasteiger partial charge in [0.15, 0.2) is 5.82 Å². The SMILES string of the molecule is c1ccc(-c2nc(-c3ccc(-c4cccnc4)cc3)cc(-c3ccc(-c4ccc(-c5cccc6oc7ccccc7c56)c5c4oc4ccccc45)cc3)n2)cc1. The van der Waals surface area contributed by atoms with Crippen LogP contribution in [-0.4, -0.2) is 15.0 Å². The van der Waals surface area contributed by atoms with Crippen LogP contribution >= 0.6 is 0 Å². The number of furan rings is 2. The summed E-state index contributed by atoms with van der Waals surface area (Å²) < 4.78 is 13.0. The van der Waals surface area contributed by atoms with Crippen molar-refractivity contribution in [3.05, 3.63) is 188 Å². The molecule has 11 rings (SSSR count). The Labute approximate surface area is 322 Å². The Morgan fingerprint density at radius 2 is 0.929 bits per heavy atom. The number of aromatic nitrogens is 3. The molecular weight excluding hydrogens is 687 g/mol. The molecule has 4 heterocycles. The average molecular weight is 718 g/mol. The van der Waals surface area contributed by atoms with Gasteiger partial charge in [0.1, 0.15) is 22.3 Å². The average Bonchev–Trinajstić information content (AvgIpc) is 3.86. The molecule has 5 heteroatoms. The van der Waals surface area contributed by atoms with Crippen LogP contribution in [0.15, 0.2) is 197 Å². The van der Waals surface area contributed by atoms with Gasteiger partial charge in [-0.15, -0.1) is 0 Å². The van der Waals surface area contributed by atoms with E-state index in [1.54, 1.807) is 6.20 Å². The summed E-state index contributed by atoms with van der Waals surface area (Å²) in [7, 11) is 0. The first-order valence-electron chi connectivity index (χ1n) is 18.7. The zero-order valence-electron chi connectivity index (χ0n) is 30.1. The molecule has 5 nitrogen and oxygen atoms in total. The van der Waals surface area contributed by atoms with E-state index >= 15 is 0 Å². The van der Waals surface area contributed by atoms with Gasteiger partial charge in [0.25, 0.3) is 0 Å². The Morgan fingerprint density at radius 1 is 0.357 bits per heavy atom. The molecule has 0 aliphatic rings. The number of hydrogen-bond acceptors (Lipinski definition) is 5. The maximum absolute atomic E-state index is 6.71. The van der Waals surface area contributed by atoms with Crippen LogP contribution in [0.5, 0.6) is 0 Å². The minimum absolute atomic E-state index is 0.679. The maximum Gasteiger partial charge on any atom is 0.160 e. The van der Waals surface area contributed by atoms with Gasteiger partial charge >= 0.3 is 0 Å². The van der Waals surface area contributed by atoms with E-state index < -0.39 is 0 Å². The van der Waals surface area contributed by atoms with E-state index in [0.717, 1.165) is 105 Å². The highest BCUT2D eigenvalue weighted by molar-refractivity contribution is 6.21. The molecule has 11 aromatic rings. The van der Waals surface area contributed by atoms with Gasteiger partial charge in [0.05, 0.1) is 11.4 Å². The van der Waals surface area contributed by atoms with Crippen LogP contribution in [0.25, 0.3) is 111 Å². The number of fused-ring (bicyclic) bond motifs is 6. The lowest BCUT2D eigenvalue weighted by Crippen LogP contribution is -1.96. The van der Waals surface area contributed by atoms with E-state index in [-0.39, 0.29) is 0 Å². The number of pyridine rings is 1. The number of rotatable bonds is 6. The molecule has 0 aliphatic heterocycles. The number of nitrogens with zero attached hydrogens (tertiary/aromatic N) is 3. The first-order valence-corrected chi connectivity index (χ1v) is 18.7. The molecule has 0 bridgehead atoms. The van der Waals surface area contributed by atoms with Gasteiger partial charge in [0.2, 0.25) is 0 Å². The number of hydrogen-bond donors (Lipinski definition) is 0. The third-order valence-electron chi connectivity index (χ3n) is 10.6. The quantitative estimate of drug-likeness (QED) is 0.171. The fourth-order valence-corrected chi connectivity index (χ4v) is 7.93. The zero-order valence-corrected chi connectivity index (χ0v) is 30.1. The van der Waals surface area contributed by atoms with Crippen LogP contribution < -0.4 is 0 Å². The molecule has 56 heavy (non-hydrogen) atoms. The Morgan fingerprint density at radius 3 is 1.64 bits per heavy atom. The van der Waals surface area contributed by atoms with Gasteiger partial charge in [-0.1, -0.05) is 140 Å². The Kier molecular flexibility index (Phi) is 7.42. The molecule has 0 N–H and O–H groups in total. The van der Waals surface area contributed by atoms with Gasteiger partial charge < -0.3 is 8.83 Å². The molecule has 0 spiro atoms. The summed E-state index contributed by atoms with van der Waals surface area (Å²) in [6.45, 7) is 0. The van der Waals surface area contributed by atoms with E-state index in [0.29, 0.717) is 5.82 Å². The highest BCUT2D eigenvalue weighted by atomic mass is 16.3. The molecule has 0 radical (unpaired) electrons. The fraction of sp³-hybridized carbons (Fsp3) is 0. The Bertz CT molecular complexity index is 3220. The van der Waals surface area contributed by atoms with Crippen molar-refractivity contribution in [1.29, 1.82) is 0 Å². The van der Waals surface area contributed by atoms with Gasteiger partial charge in [-0.2, -0.15) is 0 Å². The second-order valence-electron chi connectivity index (χ2n) is 14.0. The molecule has 7 aromatic carbocycles. The van der Waals surface area contributed by atoms with Crippen molar-refractivity contribution >= 4 is 43.9 Å². The molecule has 0 unspecified atom stereocenters. The van der Waals surface area contributed by atoms with E-state index in [1.165, 1.54) is 0 Å². The van der Waals surface area contributed by atoms with Crippen LogP contribution in [-0.2, 0) is 0 Å². The van der Waals surface area contributed by atoms with Crippen molar-refractivity contribution < 1.29 is 8.83 Å². The minimum Gasteiger partial charge on any atom is -0.456 e. The Balaban J connectivity index is 1.02. The van der Waals surface area contributed by atoms with Crippen LogP contribution in [0, 0.1) is 0 Å². The molecule has 0 saturated carbocycles. The number of para-hydroxylation sites is 2. The summed E-state index contributed by atoms with van der Waals surface area (Å²) in [5.41, 5.74) is 14.6. The van der Waals surface area contributed by atoms with E-state index in [9.17, 15) is 0 Å². The van der Waals surface area contributed by atoms with Gasteiger partial charge in [-0.3, -0.25) is 4.98 Å². The van der Waals surface area contributed by atoms with Gasteiger partial charge in [0, 0.05) is 56.2 Å². The largest absolute Gasteiger partial charge is 0.456 e. The zero-order chi connectivity index (χ0) is 37.0. The predicted molar refractivity (Wildman–Crippen MR) is 227 cm³/mol. The molecule has 0 atom stereocenters. The summed E-state index contributed by atoms with van der Waals surface area (Å²) in [6, 6.07) is 60.6. The lowest BCUT2D eigenvalue weighted by atomic mass is 9.92. The van der Waals surface area contributed by atoms with E-state index in [1.807, 2.05) is 60.8 Å². The smallest absolute Gasteiger partial charge is 0.160 e. The molecule has 262 valence electrons. The highest BCUT2D eigenvalue weighted by Crippen LogP contribution is 2.45. The van der Waals surface area contributed by atoms with Crippen molar-refractivity contribution in [1.82, 2.24) is 15.0 Å². The van der Waals surface area contributed by atoms with Crippen LogP contribution in [0.1, 0.15) is 0 Å². The monoisotopic (exact) mass is 717 g/mol. The first kappa shape index (κ1) is 31.9. The molecular formula is C51H31N3O2. The van der Waals surface area contributed by atoms with Crippen molar-refractivity contribution in [2.45, 2.75) is 0 Å². The Hall–Kier alpha value is -7.63. The molecule has 0 aliphatic carbocycles. The molecule has 0 fully saturated rings. The van der Waals surface area contributed by atoms with Crippen LogP contribution in [0.4, 0.5) is 0 Å². The molecule has 4 aromatic heterocycles. The van der Waals surface area contributed by atoms with Crippen molar-refractivity contribution in [3.8, 4) is 67.3 Å². The predicted octanol–water partition coefficient (Wildman–Crippen LogP) is 13.7. The summed E-state index contributed by atoms with van der Waals surface area (Å²) in [6.07, 6.45) is 3.67. The minimum atomic E-state index is 0.679. The second-order valence-corrected chi connectivity index (χ2v) is 14.0. The van der Waals surface area contributed by atoms with Crippen molar-refractivity contribution in [3.63, 3.8) is 0 Å². The van der Waals surface area contributed by atoms with E-state index in [2.05, 4.69) is 126 Å². The maximum atomic E-state index is 6.71. The van der Waals surface area contributed by atoms with Gasteiger partial charge in [-0.05, 0) is 64.2 Å². The third kappa shape index (κ3) is 5.37. The van der Waals surface area contributed by atoms with Crippen LogP contribution in [0.3, 0.4) is 0 Å². The van der Waals surface area contributed by atoms with Crippen LogP contribution in [0.2, 0.25) is 0 Å². The third-order valence-corrected chi connectivity index (χ3v) is 10.6. The lowest BCUT2D eigenvalue weighted by Gasteiger charge is -2.12. The highest BCUT2D eigenvalue weighted by Gasteiger charge is 2.20. The summed E-state index contributed by atoms with van der Waals surface area (Å²) >= 11 is 0. The molecule has 0 saturated heterocycles. The second kappa shape index (κ2) is 13.0. The standard InChI is InChI=1S/C51H31N3O2/c1-2-10-36(11-3-1)51-53-43(34-23-19-32(20-24-34)37-12-9-29-52-31-37)30-44(54-51)35-25-21-33(22-26-35)38-27-28-40(49-42-14-5-7-17-46(42)56-50(38)49)39-15-8-18-47-48(39)41-13-4-6-16-45(41)55-47/h1-31H. The molecule has 0 amide bonds. The first-order chi connectivity index (χ1) is 27.7. The van der Waals surface area contributed by atoms with Crippen molar-refractivity contribution in [2.75, 3.05) is 0 Å². The van der Waals surface area contributed by atoms with Crippen molar-refractivity contribution in [2.24, 2.45) is 0 Å². The lowest BCUT2D eigenvalue weighted by molar-refractivity contribution is 0.668. The summed E-state index contributed by atoms with van der Waals surface area (Å²) in [5.74, 6) is 0.679. The summed E-state index contributed by atoms with van der Waals surface area (Å²) in [4.78, 5) is 14.4.